The Morgan fingerprint density at radius 1 is 1.33 bits per heavy atom. The maximum atomic E-state index is 11.3. The van der Waals surface area contributed by atoms with Gasteiger partial charge in [0.05, 0.1) is 6.54 Å². The van der Waals surface area contributed by atoms with Crippen molar-refractivity contribution in [2.75, 3.05) is 6.54 Å². The Kier molecular flexibility index (Phi) is 5.35. The summed E-state index contributed by atoms with van der Waals surface area (Å²) in [5, 5.41) is 20.2. The molecule has 0 aliphatic carbocycles. The van der Waals surface area contributed by atoms with Crippen LogP contribution in [0.4, 0.5) is 0 Å². The Morgan fingerprint density at radius 2 is 1.94 bits per heavy atom. The SMILES string of the molecule is O=C(C=Cc1ccc(Cl)cc1)NCC(O)C(=O)O. The van der Waals surface area contributed by atoms with Crippen molar-refractivity contribution in [1.82, 2.24) is 5.32 Å². The Hall–Kier alpha value is -1.85. The molecule has 1 atom stereocenters. The van der Waals surface area contributed by atoms with E-state index in [4.69, 9.17) is 21.8 Å². The summed E-state index contributed by atoms with van der Waals surface area (Å²) in [6.07, 6.45) is 1.20. The second kappa shape index (κ2) is 6.78. The van der Waals surface area contributed by atoms with Gasteiger partial charge in [0.1, 0.15) is 0 Å². The van der Waals surface area contributed by atoms with Crippen LogP contribution in [0.1, 0.15) is 5.56 Å². The topological polar surface area (TPSA) is 86.6 Å². The van der Waals surface area contributed by atoms with Crippen molar-refractivity contribution in [3.8, 4) is 0 Å². The molecule has 3 N–H and O–H groups in total. The quantitative estimate of drug-likeness (QED) is 0.694. The fourth-order valence-electron chi connectivity index (χ4n) is 1.09. The Morgan fingerprint density at radius 3 is 2.50 bits per heavy atom. The van der Waals surface area contributed by atoms with Crippen LogP contribution < -0.4 is 5.32 Å². The van der Waals surface area contributed by atoms with Gasteiger partial charge in [-0.25, -0.2) is 4.79 Å². The minimum atomic E-state index is -1.60. The van der Waals surface area contributed by atoms with Crippen LogP contribution in [0, 0.1) is 0 Å². The number of carboxylic acids is 1. The molecule has 0 aliphatic rings. The highest BCUT2D eigenvalue weighted by Crippen LogP contribution is 2.10. The van der Waals surface area contributed by atoms with Crippen molar-refractivity contribution in [2.24, 2.45) is 0 Å². The van der Waals surface area contributed by atoms with Crippen LogP contribution in [-0.2, 0) is 9.59 Å². The molecule has 0 heterocycles. The first kappa shape index (κ1) is 14.2. The van der Waals surface area contributed by atoms with Gasteiger partial charge in [0.25, 0.3) is 0 Å². The lowest BCUT2D eigenvalue weighted by Crippen LogP contribution is -2.35. The minimum Gasteiger partial charge on any atom is -0.479 e. The molecule has 1 aromatic carbocycles. The summed E-state index contributed by atoms with van der Waals surface area (Å²) >= 11 is 5.70. The van der Waals surface area contributed by atoms with Gasteiger partial charge in [-0.15, -0.1) is 0 Å². The van der Waals surface area contributed by atoms with Crippen molar-refractivity contribution in [3.63, 3.8) is 0 Å². The van der Waals surface area contributed by atoms with Crippen LogP contribution in [0.15, 0.2) is 30.3 Å². The third-order valence-corrected chi connectivity index (χ3v) is 2.30. The Balaban J connectivity index is 2.45. The fraction of sp³-hybridized carbons (Fsp3) is 0.167. The zero-order valence-electron chi connectivity index (χ0n) is 9.34. The highest BCUT2D eigenvalue weighted by Gasteiger charge is 2.12. The van der Waals surface area contributed by atoms with Crippen LogP contribution >= 0.6 is 11.6 Å². The molecule has 18 heavy (non-hydrogen) atoms. The molecule has 1 unspecified atom stereocenters. The lowest BCUT2D eigenvalue weighted by atomic mass is 10.2. The number of carbonyl (C=O) groups is 2. The van der Waals surface area contributed by atoms with Crippen LogP contribution in [0.25, 0.3) is 6.08 Å². The molecule has 0 aromatic heterocycles. The van der Waals surface area contributed by atoms with E-state index in [9.17, 15) is 9.59 Å². The van der Waals surface area contributed by atoms with Crippen LogP contribution in [0.5, 0.6) is 0 Å². The molecule has 96 valence electrons. The van der Waals surface area contributed by atoms with E-state index in [2.05, 4.69) is 5.32 Å². The fourth-order valence-corrected chi connectivity index (χ4v) is 1.22. The average Bonchev–Trinajstić information content (AvgIpc) is 2.35. The number of halogens is 1. The van der Waals surface area contributed by atoms with Crippen molar-refractivity contribution in [1.29, 1.82) is 0 Å². The molecule has 1 rings (SSSR count). The zero-order valence-corrected chi connectivity index (χ0v) is 10.1. The van der Waals surface area contributed by atoms with E-state index in [1.807, 2.05) is 0 Å². The largest absolute Gasteiger partial charge is 0.479 e. The summed E-state index contributed by atoms with van der Waals surface area (Å²) in [7, 11) is 0. The smallest absolute Gasteiger partial charge is 0.334 e. The third-order valence-electron chi connectivity index (χ3n) is 2.05. The molecular weight excluding hydrogens is 258 g/mol. The first-order valence-corrected chi connectivity index (χ1v) is 5.49. The van der Waals surface area contributed by atoms with Gasteiger partial charge < -0.3 is 15.5 Å². The van der Waals surface area contributed by atoms with Crippen LogP contribution in [-0.4, -0.2) is 34.7 Å². The summed E-state index contributed by atoms with van der Waals surface area (Å²) in [5.41, 5.74) is 0.785. The average molecular weight is 270 g/mol. The highest BCUT2D eigenvalue weighted by molar-refractivity contribution is 6.30. The van der Waals surface area contributed by atoms with E-state index < -0.39 is 18.0 Å². The number of carbonyl (C=O) groups excluding carboxylic acids is 1. The number of aliphatic hydroxyl groups excluding tert-OH is 1. The van der Waals surface area contributed by atoms with Crippen molar-refractivity contribution in [3.05, 3.63) is 40.9 Å². The summed E-state index contributed by atoms with van der Waals surface area (Å²) < 4.78 is 0. The molecule has 0 fully saturated rings. The number of amides is 1. The monoisotopic (exact) mass is 269 g/mol. The lowest BCUT2D eigenvalue weighted by molar-refractivity contribution is -0.146. The molecule has 1 amide bonds. The standard InChI is InChI=1S/C12H12ClNO4/c13-9-4-1-8(2-5-9)3-6-11(16)14-7-10(15)12(17)18/h1-6,10,15H,7H2,(H,14,16)(H,17,18). The first-order chi connectivity index (χ1) is 8.49. The lowest BCUT2D eigenvalue weighted by Gasteiger charge is -2.05. The maximum absolute atomic E-state index is 11.3. The van der Waals surface area contributed by atoms with Crippen molar-refractivity contribution in [2.45, 2.75) is 6.10 Å². The zero-order chi connectivity index (χ0) is 13.5. The van der Waals surface area contributed by atoms with Gasteiger partial charge >= 0.3 is 5.97 Å². The van der Waals surface area contributed by atoms with E-state index in [-0.39, 0.29) is 6.54 Å². The second-order valence-electron chi connectivity index (χ2n) is 3.48. The van der Waals surface area contributed by atoms with E-state index in [0.29, 0.717) is 5.02 Å². The summed E-state index contributed by atoms with van der Waals surface area (Å²) in [5.74, 6) is -1.86. The molecule has 0 aliphatic heterocycles. The number of hydrogen-bond donors (Lipinski definition) is 3. The summed E-state index contributed by atoms with van der Waals surface area (Å²) in [6, 6.07) is 6.84. The van der Waals surface area contributed by atoms with Gasteiger partial charge in [-0.05, 0) is 23.8 Å². The Labute approximate surface area is 109 Å². The van der Waals surface area contributed by atoms with Gasteiger partial charge in [0.15, 0.2) is 6.10 Å². The molecule has 0 saturated carbocycles. The van der Waals surface area contributed by atoms with Crippen molar-refractivity contribution >= 4 is 29.6 Å². The third kappa shape index (κ3) is 4.99. The van der Waals surface area contributed by atoms with Crippen LogP contribution in [0.3, 0.4) is 0 Å². The molecular formula is C12H12ClNO4. The van der Waals surface area contributed by atoms with E-state index >= 15 is 0 Å². The number of nitrogens with one attached hydrogen (secondary N) is 1. The number of aliphatic hydroxyl groups is 1. The van der Waals surface area contributed by atoms with Gasteiger partial charge in [-0.2, -0.15) is 0 Å². The Bertz CT molecular complexity index is 456. The summed E-state index contributed by atoms with van der Waals surface area (Å²) in [6.45, 7) is -0.334. The molecule has 5 nitrogen and oxygen atoms in total. The van der Waals surface area contributed by atoms with E-state index in [1.165, 1.54) is 6.08 Å². The molecule has 6 heteroatoms. The molecule has 0 spiro atoms. The van der Waals surface area contributed by atoms with Gasteiger partial charge in [-0.1, -0.05) is 23.7 Å². The molecule has 0 saturated heterocycles. The summed E-state index contributed by atoms with van der Waals surface area (Å²) in [4.78, 5) is 21.6. The normalized spacial score (nSPS) is 12.3. The predicted octanol–water partition coefficient (Wildman–Crippen LogP) is 0.915. The van der Waals surface area contributed by atoms with Gasteiger partial charge in [0, 0.05) is 11.1 Å². The number of aliphatic carboxylic acids is 1. The second-order valence-corrected chi connectivity index (χ2v) is 3.92. The van der Waals surface area contributed by atoms with Crippen molar-refractivity contribution < 1.29 is 19.8 Å². The van der Waals surface area contributed by atoms with Gasteiger partial charge in [0.2, 0.25) is 5.91 Å². The highest BCUT2D eigenvalue weighted by atomic mass is 35.5. The molecule has 1 aromatic rings. The number of rotatable bonds is 5. The molecule has 0 radical (unpaired) electrons. The number of hydrogen-bond acceptors (Lipinski definition) is 3. The maximum Gasteiger partial charge on any atom is 0.334 e. The van der Waals surface area contributed by atoms with E-state index in [0.717, 1.165) is 5.56 Å². The van der Waals surface area contributed by atoms with Crippen LogP contribution in [0.2, 0.25) is 5.02 Å². The number of carboxylic acid groups (broad SMARTS) is 1. The van der Waals surface area contributed by atoms with Gasteiger partial charge in [-0.3, -0.25) is 4.79 Å². The first-order valence-electron chi connectivity index (χ1n) is 5.11. The minimum absolute atomic E-state index is 0.334. The molecule has 0 bridgehead atoms. The van der Waals surface area contributed by atoms with E-state index in [1.54, 1.807) is 30.3 Å². The number of benzene rings is 1. The predicted molar refractivity (Wildman–Crippen MR) is 67.1 cm³/mol.